The number of alkyl halides is 5. The molecule has 2 nitrogen and oxygen atoms in total. The molecule has 0 aliphatic heterocycles. The predicted molar refractivity (Wildman–Crippen MR) is 150 cm³/mol. The highest BCUT2D eigenvalue weighted by Gasteiger charge is 2.42. The number of fused-ring (bicyclic) bond motifs is 1. The van der Waals surface area contributed by atoms with Crippen LogP contribution in [0.2, 0.25) is 0 Å². The molecule has 250 valence electrons. The average molecular weight is 675 g/mol. The van der Waals surface area contributed by atoms with E-state index < -0.39 is 75.6 Å². The quantitative estimate of drug-likeness (QED) is 0.165. The van der Waals surface area contributed by atoms with Gasteiger partial charge in [0.05, 0.1) is 5.56 Å². The maximum absolute atomic E-state index is 15.3. The fourth-order valence-corrected chi connectivity index (χ4v) is 6.14. The van der Waals surface area contributed by atoms with E-state index >= 15 is 8.78 Å². The maximum atomic E-state index is 15.3. The summed E-state index contributed by atoms with van der Waals surface area (Å²) in [7, 11) is 0. The van der Waals surface area contributed by atoms with Gasteiger partial charge < -0.3 is 9.47 Å². The molecule has 4 aromatic rings. The molecule has 47 heavy (non-hydrogen) atoms. The van der Waals surface area contributed by atoms with Crippen molar-refractivity contribution in [2.24, 2.45) is 11.8 Å². The van der Waals surface area contributed by atoms with Crippen LogP contribution in [0, 0.1) is 46.7 Å². The third-order valence-electron chi connectivity index (χ3n) is 8.32. The molecule has 0 amide bonds. The molecule has 5 rings (SSSR count). The Morgan fingerprint density at radius 1 is 0.617 bits per heavy atom. The van der Waals surface area contributed by atoms with Crippen molar-refractivity contribution in [2.45, 2.75) is 52.0 Å². The minimum Gasteiger partial charge on any atom is -0.429 e. The van der Waals surface area contributed by atoms with Crippen LogP contribution in [-0.4, -0.2) is 6.36 Å². The monoisotopic (exact) mass is 674 g/mol. The number of ether oxygens (including phenoxy) is 2. The largest absolute Gasteiger partial charge is 0.573 e. The van der Waals surface area contributed by atoms with Crippen molar-refractivity contribution in [2.75, 3.05) is 0 Å². The summed E-state index contributed by atoms with van der Waals surface area (Å²) in [5.41, 5.74) is -0.939. The molecule has 0 bridgehead atoms. The number of hydrogen-bond acceptors (Lipinski definition) is 2. The van der Waals surface area contributed by atoms with E-state index in [4.69, 9.17) is 0 Å². The minimum atomic E-state index is -5.53. The molecule has 1 aliphatic rings. The summed E-state index contributed by atoms with van der Waals surface area (Å²) in [6.45, 7) is 4.27. The van der Waals surface area contributed by atoms with Crippen molar-refractivity contribution < 1.29 is 57.8 Å². The second-order valence-electron chi connectivity index (χ2n) is 11.2. The van der Waals surface area contributed by atoms with Crippen LogP contribution < -0.4 is 9.47 Å². The van der Waals surface area contributed by atoms with Crippen LogP contribution in [0.1, 0.15) is 43.4 Å². The van der Waals surface area contributed by atoms with E-state index in [9.17, 15) is 39.5 Å². The first-order valence-electron chi connectivity index (χ1n) is 14.4. The molecule has 0 fully saturated rings. The SMILES string of the molecule is CCC(CC)C1Cc2ccc(-c3cc(F)c(-c4cc(F)c(C(F)(F)Oc5cc(F)c(OC(F)(F)F)c(F)c5)c(F)c4)c(F)c3)cc2C1. The highest BCUT2D eigenvalue weighted by molar-refractivity contribution is 5.73. The summed E-state index contributed by atoms with van der Waals surface area (Å²) in [6, 6.07) is 7.53. The lowest BCUT2D eigenvalue weighted by Gasteiger charge is -2.21. The van der Waals surface area contributed by atoms with E-state index in [-0.39, 0.29) is 29.8 Å². The van der Waals surface area contributed by atoms with Crippen molar-refractivity contribution in [1.82, 2.24) is 0 Å². The lowest BCUT2D eigenvalue weighted by Crippen LogP contribution is -2.25. The lowest BCUT2D eigenvalue weighted by atomic mass is 9.86. The van der Waals surface area contributed by atoms with E-state index in [0.29, 0.717) is 17.4 Å². The van der Waals surface area contributed by atoms with Crippen LogP contribution in [0.15, 0.2) is 54.6 Å². The Morgan fingerprint density at radius 3 is 1.68 bits per heavy atom. The van der Waals surface area contributed by atoms with Gasteiger partial charge in [0.1, 0.15) is 34.6 Å². The third-order valence-corrected chi connectivity index (χ3v) is 8.32. The second kappa shape index (κ2) is 12.7. The van der Waals surface area contributed by atoms with Crippen molar-refractivity contribution >= 4 is 0 Å². The Hall–Kier alpha value is -4.29. The Bertz CT molecular complexity index is 1740. The van der Waals surface area contributed by atoms with Gasteiger partial charge in [-0.1, -0.05) is 44.9 Å². The van der Waals surface area contributed by atoms with E-state index in [1.54, 1.807) is 6.07 Å². The predicted octanol–water partition coefficient (Wildman–Crippen LogP) is 11.0. The summed E-state index contributed by atoms with van der Waals surface area (Å²) in [4.78, 5) is 0. The molecule has 13 heteroatoms. The van der Waals surface area contributed by atoms with E-state index in [1.807, 2.05) is 12.1 Å². The van der Waals surface area contributed by atoms with Crippen LogP contribution in [0.25, 0.3) is 22.3 Å². The van der Waals surface area contributed by atoms with E-state index in [0.717, 1.165) is 48.9 Å². The van der Waals surface area contributed by atoms with Gasteiger partial charge >= 0.3 is 12.5 Å². The summed E-state index contributed by atoms with van der Waals surface area (Å²) in [6.07, 6.45) is -6.74. The molecule has 0 radical (unpaired) electrons. The van der Waals surface area contributed by atoms with Gasteiger partial charge in [0.15, 0.2) is 11.6 Å². The summed E-state index contributed by atoms with van der Waals surface area (Å²) in [5, 5.41) is 0. The molecule has 0 saturated carbocycles. The van der Waals surface area contributed by atoms with Gasteiger partial charge in [-0.2, -0.15) is 8.78 Å². The normalized spacial score (nSPS) is 14.9. The molecule has 0 heterocycles. The first-order chi connectivity index (χ1) is 22.0. The minimum absolute atomic E-state index is 0.124. The van der Waals surface area contributed by atoms with Gasteiger partial charge in [-0.05, 0) is 76.8 Å². The van der Waals surface area contributed by atoms with Gasteiger partial charge in [-0.25, -0.2) is 26.3 Å². The zero-order valence-corrected chi connectivity index (χ0v) is 24.7. The molecule has 0 spiro atoms. The molecule has 1 atom stereocenters. The Kier molecular flexibility index (Phi) is 9.22. The van der Waals surface area contributed by atoms with Crippen LogP contribution in [0.4, 0.5) is 48.3 Å². The average Bonchev–Trinajstić information content (AvgIpc) is 3.37. The van der Waals surface area contributed by atoms with Crippen molar-refractivity contribution in [3.05, 3.63) is 106 Å². The van der Waals surface area contributed by atoms with Crippen molar-refractivity contribution in [3.8, 4) is 33.8 Å². The Labute approximate surface area is 261 Å². The van der Waals surface area contributed by atoms with Crippen LogP contribution >= 0.6 is 0 Å². The van der Waals surface area contributed by atoms with Gasteiger partial charge in [-0.15, -0.1) is 13.2 Å². The molecular formula is C34H25F11O2. The zero-order chi connectivity index (χ0) is 34.4. The number of benzene rings is 4. The van der Waals surface area contributed by atoms with Gasteiger partial charge in [0.25, 0.3) is 0 Å². The molecule has 0 saturated heterocycles. The van der Waals surface area contributed by atoms with Crippen molar-refractivity contribution in [3.63, 3.8) is 0 Å². The van der Waals surface area contributed by atoms with Gasteiger partial charge in [-0.3, -0.25) is 0 Å². The number of hydrogen-bond donors (Lipinski definition) is 0. The van der Waals surface area contributed by atoms with Crippen molar-refractivity contribution in [1.29, 1.82) is 0 Å². The van der Waals surface area contributed by atoms with Crippen LogP contribution in [-0.2, 0) is 19.0 Å². The fraction of sp³-hybridized carbons (Fsp3) is 0.294. The summed E-state index contributed by atoms with van der Waals surface area (Å²) >= 11 is 0. The van der Waals surface area contributed by atoms with Crippen LogP contribution in [0.5, 0.6) is 11.5 Å². The molecule has 0 aromatic heterocycles. The van der Waals surface area contributed by atoms with E-state index in [2.05, 4.69) is 23.3 Å². The van der Waals surface area contributed by atoms with Crippen LogP contribution in [0.3, 0.4) is 0 Å². The lowest BCUT2D eigenvalue weighted by molar-refractivity contribution is -0.276. The van der Waals surface area contributed by atoms with Gasteiger partial charge in [0, 0.05) is 12.1 Å². The second-order valence-corrected chi connectivity index (χ2v) is 11.2. The summed E-state index contributed by atoms with van der Waals surface area (Å²) in [5.74, 6) is -13.2. The first kappa shape index (κ1) is 34.1. The van der Waals surface area contributed by atoms with E-state index in [1.165, 1.54) is 0 Å². The standard InChI is InChI=1S/C34H25F11O2/c1-3-16(4-2)19-7-17-5-6-18(8-20(17)9-19)21-10-24(35)30(25(36)11-21)22-12-26(37)31(27(38)13-22)33(41,42)46-23-14-28(39)32(29(40)15-23)47-34(43,44)45/h5-6,8,10-16,19H,3-4,7,9H2,1-2H3. The Morgan fingerprint density at radius 2 is 1.15 bits per heavy atom. The topological polar surface area (TPSA) is 18.5 Å². The summed E-state index contributed by atoms with van der Waals surface area (Å²) < 4.78 is 162. The maximum Gasteiger partial charge on any atom is 0.573 e. The number of halogens is 11. The first-order valence-corrected chi connectivity index (χ1v) is 14.4. The van der Waals surface area contributed by atoms with Gasteiger partial charge in [0.2, 0.25) is 5.75 Å². The fourth-order valence-electron chi connectivity index (χ4n) is 6.14. The third kappa shape index (κ3) is 7.03. The molecular weight excluding hydrogens is 649 g/mol. The molecule has 1 unspecified atom stereocenters. The highest BCUT2D eigenvalue weighted by atomic mass is 19.4. The molecule has 4 aromatic carbocycles. The smallest absolute Gasteiger partial charge is 0.429 e. The highest BCUT2D eigenvalue weighted by Crippen LogP contribution is 2.41. The molecule has 0 N–H and O–H groups in total. The molecule has 1 aliphatic carbocycles. The Balaban J connectivity index is 1.41. The number of rotatable bonds is 9. The zero-order valence-electron chi connectivity index (χ0n) is 24.7.